The lowest BCUT2D eigenvalue weighted by Crippen LogP contribution is -2.49. The van der Waals surface area contributed by atoms with Crippen molar-refractivity contribution < 1.29 is 23.1 Å². The summed E-state index contributed by atoms with van der Waals surface area (Å²) in [7, 11) is -3.78. The number of aliphatic hydroxyl groups excluding tert-OH is 1. The number of ether oxygens (including phenoxy) is 1. The maximum absolute atomic E-state index is 13.3. The Kier molecular flexibility index (Phi) is 7.92. The van der Waals surface area contributed by atoms with E-state index in [0.717, 1.165) is 42.8 Å². The Morgan fingerprint density at radius 1 is 1.21 bits per heavy atom. The fourth-order valence-electron chi connectivity index (χ4n) is 7.31. The predicted octanol–water partition coefficient (Wildman–Crippen LogP) is 5.41. The summed E-state index contributed by atoms with van der Waals surface area (Å²) in [5, 5.41) is 10.7. The topological polar surface area (TPSA) is 95.9 Å². The number of aliphatic hydroxyl groups is 1. The van der Waals surface area contributed by atoms with Crippen molar-refractivity contribution in [3.05, 3.63) is 83.4 Å². The molecule has 2 saturated carbocycles. The molecule has 0 saturated heterocycles. The van der Waals surface area contributed by atoms with E-state index >= 15 is 0 Å². The van der Waals surface area contributed by atoms with Crippen LogP contribution in [0, 0.1) is 17.8 Å². The number of halogens is 1. The van der Waals surface area contributed by atoms with Crippen molar-refractivity contribution in [2.75, 3.05) is 24.6 Å². The first-order valence-electron chi connectivity index (χ1n) is 14.9. The Morgan fingerprint density at radius 2 is 2.05 bits per heavy atom. The van der Waals surface area contributed by atoms with E-state index in [1.807, 2.05) is 6.07 Å². The molecule has 7 nitrogen and oxygen atoms in total. The van der Waals surface area contributed by atoms with Gasteiger partial charge in [0.15, 0.2) is 0 Å². The highest BCUT2D eigenvalue weighted by Crippen LogP contribution is 2.47. The summed E-state index contributed by atoms with van der Waals surface area (Å²) in [5.41, 5.74) is 3.26. The summed E-state index contributed by atoms with van der Waals surface area (Å²) < 4.78 is 34.6. The van der Waals surface area contributed by atoms with Gasteiger partial charge < -0.3 is 14.7 Å². The number of hydrogen-bond acceptors (Lipinski definition) is 6. The number of allylic oxidation sites excluding steroid dienone is 1. The van der Waals surface area contributed by atoms with Gasteiger partial charge in [0.1, 0.15) is 5.75 Å². The molecular formula is C33H39ClN2O5S. The normalized spacial score (nSPS) is 28.8. The molecule has 2 unspecified atom stereocenters. The molecule has 9 heteroatoms. The number of aryl methyl sites for hydroxylation is 1. The van der Waals surface area contributed by atoms with Crippen LogP contribution in [0.3, 0.4) is 0 Å². The van der Waals surface area contributed by atoms with Gasteiger partial charge >= 0.3 is 0 Å². The van der Waals surface area contributed by atoms with E-state index < -0.39 is 27.3 Å². The molecule has 2 fully saturated rings. The minimum Gasteiger partial charge on any atom is -0.490 e. The average Bonchev–Trinajstić information content (AvgIpc) is 3.75. The molecular weight excluding hydrogens is 572 g/mol. The van der Waals surface area contributed by atoms with E-state index in [-0.39, 0.29) is 28.7 Å². The smallest absolute Gasteiger partial charge is 0.264 e. The molecule has 224 valence electrons. The van der Waals surface area contributed by atoms with Gasteiger partial charge in [-0.1, -0.05) is 29.8 Å². The van der Waals surface area contributed by atoms with Crippen LogP contribution >= 0.6 is 11.6 Å². The lowest BCUT2D eigenvalue weighted by atomic mass is 9.68. The van der Waals surface area contributed by atoms with Crippen LogP contribution in [-0.4, -0.2) is 50.5 Å². The highest BCUT2D eigenvalue weighted by atomic mass is 35.5. The van der Waals surface area contributed by atoms with Crippen molar-refractivity contribution in [2.24, 2.45) is 17.8 Å². The summed E-state index contributed by atoms with van der Waals surface area (Å²) in [6, 6.07) is 11.3. The van der Waals surface area contributed by atoms with E-state index in [4.69, 9.17) is 16.3 Å². The second-order valence-electron chi connectivity index (χ2n) is 12.5. The molecule has 1 heterocycles. The fourth-order valence-corrected chi connectivity index (χ4v) is 9.15. The Bertz CT molecular complexity index is 1510. The number of anilines is 1. The third kappa shape index (κ3) is 5.49. The molecule has 0 radical (unpaired) electrons. The molecule has 6 atom stereocenters. The molecule has 1 aliphatic heterocycles. The van der Waals surface area contributed by atoms with Crippen LogP contribution in [0.1, 0.15) is 60.0 Å². The van der Waals surface area contributed by atoms with E-state index in [0.29, 0.717) is 38.3 Å². The number of benzene rings is 2. The second-order valence-corrected chi connectivity index (χ2v) is 14.9. The molecule has 2 N–H and O–H groups in total. The molecule has 1 spiro atoms. The van der Waals surface area contributed by atoms with Crippen LogP contribution in [0.15, 0.2) is 61.7 Å². The predicted molar refractivity (Wildman–Crippen MR) is 166 cm³/mol. The lowest BCUT2D eigenvalue weighted by molar-refractivity contribution is 0.0460. The number of nitrogens with zero attached hydrogens (tertiary/aromatic N) is 1. The maximum Gasteiger partial charge on any atom is 0.264 e. The van der Waals surface area contributed by atoms with Crippen LogP contribution in [0.25, 0.3) is 0 Å². The summed E-state index contributed by atoms with van der Waals surface area (Å²) in [5.74, 6) is 0.420. The summed E-state index contributed by atoms with van der Waals surface area (Å²) in [6.07, 6.45) is 8.79. The van der Waals surface area contributed by atoms with Crippen molar-refractivity contribution in [3.63, 3.8) is 0 Å². The van der Waals surface area contributed by atoms with Crippen molar-refractivity contribution >= 4 is 33.2 Å². The lowest BCUT2D eigenvalue weighted by Gasteiger charge is -2.45. The van der Waals surface area contributed by atoms with E-state index in [1.54, 1.807) is 30.4 Å². The number of carbonyl (C=O) groups is 1. The van der Waals surface area contributed by atoms with Crippen molar-refractivity contribution in [1.29, 1.82) is 0 Å². The summed E-state index contributed by atoms with van der Waals surface area (Å²) in [4.78, 5) is 15.6. The zero-order valence-corrected chi connectivity index (χ0v) is 25.4. The highest BCUT2D eigenvalue weighted by Gasteiger charge is 2.47. The van der Waals surface area contributed by atoms with E-state index in [2.05, 4.69) is 34.9 Å². The van der Waals surface area contributed by atoms with Gasteiger partial charge in [-0.2, -0.15) is 0 Å². The second kappa shape index (κ2) is 11.4. The minimum absolute atomic E-state index is 0.00881. The minimum atomic E-state index is -3.78. The van der Waals surface area contributed by atoms with Crippen LogP contribution in [-0.2, 0) is 21.9 Å². The van der Waals surface area contributed by atoms with Crippen molar-refractivity contribution in [3.8, 4) is 5.75 Å². The molecule has 3 aliphatic carbocycles. The summed E-state index contributed by atoms with van der Waals surface area (Å²) in [6.45, 7) is 9.34. The third-order valence-corrected chi connectivity index (χ3v) is 12.0. The zero-order valence-electron chi connectivity index (χ0n) is 23.8. The van der Waals surface area contributed by atoms with Crippen LogP contribution in [0.4, 0.5) is 5.69 Å². The highest BCUT2D eigenvalue weighted by molar-refractivity contribution is 7.91. The Balaban J connectivity index is 1.32. The molecule has 0 bridgehead atoms. The van der Waals surface area contributed by atoms with Gasteiger partial charge in [-0.15, -0.1) is 13.2 Å². The molecule has 6 rings (SSSR count). The van der Waals surface area contributed by atoms with Gasteiger partial charge in [0, 0.05) is 29.1 Å². The van der Waals surface area contributed by atoms with Crippen LogP contribution in [0.2, 0.25) is 5.02 Å². The number of fused-ring (bicyclic) bond motifs is 3. The molecule has 4 aliphatic rings. The van der Waals surface area contributed by atoms with E-state index in [1.165, 1.54) is 11.1 Å². The number of carbonyl (C=O) groups excluding carboxylic acids is 1. The van der Waals surface area contributed by atoms with Gasteiger partial charge in [0.05, 0.1) is 23.6 Å². The zero-order chi connectivity index (χ0) is 29.6. The van der Waals surface area contributed by atoms with E-state index in [9.17, 15) is 18.3 Å². The number of amides is 1. The first-order valence-corrected chi connectivity index (χ1v) is 16.8. The average molecular weight is 611 g/mol. The first kappa shape index (κ1) is 29.3. The summed E-state index contributed by atoms with van der Waals surface area (Å²) >= 11 is 6.37. The Labute approximate surface area is 253 Å². The molecule has 1 amide bonds. The largest absolute Gasteiger partial charge is 0.490 e. The van der Waals surface area contributed by atoms with Gasteiger partial charge in [-0.25, -0.2) is 13.1 Å². The van der Waals surface area contributed by atoms with Gasteiger partial charge in [-0.05, 0) is 104 Å². The quantitative estimate of drug-likeness (QED) is 0.369. The van der Waals surface area contributed by atoms with Crippen LogP contribution in [0.5, 0.6) is 5.75 Å². The SMILES string of the molecule is C=CCC1C[C@H]1S(=O)(=O)NC(=O)c1ccc2c(c1)N(C[C@@H]1CC[C@H]1C(O)C=C)C[C@@]1(CCCc3cc(Cl)ccc31)CO2. The number of rotatable bonds is 9. The molecule has 42 heavy (non-hydrogen) atoms. The standard InChI is InChI=1S/C33H39ClN2O5S/c1-3-6-22-17-31(22)42(39,40)35-32(38)23-9-13-30-28(16-23)36(18-24-8-11-26(24)29(37)4-2)19-33(20-41-30)14-5-7-21-15-25(34)10-12-27(21)33/h3-4,9-10,12-13,15-16,22,24,26,29,31,37H,1-2,5-8,11,14,17-20H2,(H,35,38)/t22?,24-,26+,29?,31+,33-/m0/s1. The van der Waals surface area contributed by atoms with Gasteiger partial charge in [0.25, 0.3) is 5.91 Å². The number of nitrogens with one attached hydrogen (secondary N) is 1. The molecule has 0 aromatic heterocycles. The molecule has 2 aromatic carbocycles. The van der Waals surface area contributed by atoms with Crippen molar-refractivity contribution in [2.45, 2.75) is 61.7 Å². The fraction of sp³-hybridized carbons (Fsp3) is 0.485. The first-order chi connectivity index (χ1) is 20.1. The Morgan fingerprint density at radius 3 is 2.79 bits per heavy atom. The maximum atomic E-state index is 13.3. The Hall–Kier alpha value is -2.81. The van der Waals surface area contributed by atoms with Gasteiger partial charge in [0.2, 0.25) is 10.0 Å². The molecule has 2 aromatic rings. The number of hydrogen-bond donors (Lipinski definition) is 2. The van der Waals surface area contributed by atoms with Crippen LogP contribution < -0.4 is 14.4 Å². The third-order valence-electron chi connectivity index (χ3n) is 9.87. The van der Waals surface area contributed by atoms with Gasteiger partial charge in [-0.3, -0.25) is 4.79 Å². The number of sulfonamides is 1. The van der Waals surface area contributed by atoms with Crippen molar-refractivity contribution in [1.82, 2.24) is 4.72 Å². The monoisotopic (exact) mass is 610 g/mol.